The van der Waals surface area contributed by atoms with E-state index in [-0.39, 0.29) is 12.3 Å². The van der Waals surface area contributed by atoms with Gasteiger partial charge in [-0.3, -0.25) is 10.7 Å². The SMILES string of the molecule is C=CC(C)(C)C(OCCCCCO)c1cc(OC)c2c(NO)ccc(N=O)c2c1OC. The lowest BCUT2D eigenvalue weighted by Gasteiger charge is -2.33. The van der Waals surface area contributed by atoms with E-state index in [0.717, 1.165) is 19.3 Å². The molecule has 0 aliphatic rings. The number of hydrogen-bond donors (Lipinski definition) is 3. The number of rotatable bonds is 13. The number of nitroso groups, excluding NO2 is 1. The standard InChI is InChI=1S/C23H32N2O6/c1-6-23(2,3)22(31-13-9-7-8-12-26)15-14-18(29-4)19-16(24-27)10-11-17(25-28)20(19)21(15)30-5/h6,10-11,14,22,24,26-27H,1,7-9,12-13H2,2-5H3. The predicted molar refractivity (Wildman–Crippen MR) is 122 cm³/mol. The second-order valence-corrected chi connectivity index (χ2v) is 7.85. The molecule has 2 aromatic carbocycles. The Morgan fingerprint density at radius 2 is 1.94 bits per heavy atom. The number of ether oxygens (including phenoxy) is 3. The number of benzene rings is 2. The second-order valence-electron chi connectivity index (χ2n) is 7.85. The quantitative estimate of drug-likeness (QED) is 0.166. The molecule has 0 amide bonds. The van der Waals surface area contributed by atoms with E-state index in [2.05, 4.69) is 17.2 Å². The maximum atomic E-state index is 11.6. The number of aliphatic hydroxyl groups excluding tert-OH is 1. The van der Waals surface area contributed by atoms with Crippen molar-refractivity contribution < 1.29 is 24.5 Å². The lowest BCUT2D eigenvalue weighted by molar-refractivity contribution is -0.0107. The number of unbranched alkanes of at least 4 members (excludes halogenated alkanes) is 2. The molecular formula is C23H32N2O6. The summed E-state index contributed by atoms with van der Waals surface area (Å²) in [5.41, 5.74) is 2.85. The molecule has 0 fully saturated rings. The third-order valence-corrected chi connectivity index (χ3v) is 5.42. The topological polar surface area (TPSA) is 110 Å². The Morgan fingerprint density at radius 3 is 2.48 bits per heavy atom. The van der Waals surface area contributed by atoms with Gasteiger partial charge < -0.3 is 19.3 Å². The van der Waals surface area contributed by atoms with Crippen LogP contribution >= 0.6 is 0 Å². The van der Waals surface area contributed by atoms with Crippen molar-refractivity contribution in [1.29, 1.82) is 0 Å². The van der Waals surface area contributed by atoms with E-state index in [1.165, 1.54) is 20.3 Å². The molecule has 8 heteroatoms. The summed E-state index contributed by atoms with van der Waals surface area (Å²) in [5.74, 6) is 0.847. The first kappa shape index (κ1) is 24.6. The van der Waals surface area contributed by atoms with E-state index in [4.69, 9.17) is 19.3 Å². The van der Waals surface area contributed by atoms with Crippen LogP contribution in [0, 0.1) is 10.3 Å². The van der Waals surface area contributed by atoms with Gasteiger partial charge in [0.25, 0.3) is 0 Å². The largest absolute Gasteiger partial charge is 0.496 e. The van der Waals surface area contributed by atoms with E-state index >= 15 is 0 Å². The average molecular weight is 433 g/mol. The normalized spacial score (nSPS) is 12.5. The van der Waals surface area contributed by atoms with Crippen LogP contribution in [0.4, 0.5) is 11.4 Å². The van der Waals surface area contributed by atoms with Gasteiger partial charge in [0, 0.05) is 24.2 Å². The summed E-state index contributed by atoms with van der Waals surface area (Å²) in [6, 6.07) is 4.84. The van der Waals surface area contributed by atoms with Gasteiger partial charge in [0.15, 0.2) is 0 Å². The highest BCUT2D eigenvalue weighted by Gasteiger charge is 2.34. The molecule has 31 heavy (non-hydrogen) atoms. The maximum absolute atomic E-state index is 11.6. The van der Waals surface area contributed by atoms with E-state index in [1.807, 2.05) is 19.9 Å². The van der Waals surface area contributed by atoms with Crippen molar-refractivity contribution in [1.82, 2.24) is 0 Å². The zero-order chi connectivity index (χ0) is 23.0. The molecule has 8 nitrogen and oxygen atoms in total. The van der Waals surface area contributed by atoms with Gasteiger partial charge >= 0.3 is 0 Å². The molecule has 0 saturated carbocycles. The highest BCUT2D eigenvalue weighted by Crippen LogP contribution is 2.50. The fourth-order valence-corrected chi connectivity index (χ4v) is 3.65. The van der Waals surface area contributed by atoms with E-state index in [1.54, 1.807) is 12.1 Å². The fourth-order valence-electron chi connectivity index (χ4n) is 3.65. The summed E-state index contributed by atoms with van der Waals surface area (Å²) in [4.78, 5) is 11.6. The van der Waals surface area contributed by atoms with Crippen LogP contribution in [0.15, 0.2) is 36.0 Å². The Labute approximate surface area is 182 Å². The van der Waals surface area contributed by atoms with Crippen molar-refractivity contribution in [3.8, 4) is 11.5 Å². The smallest absolute Gasteiger partial charge is 0.135 e. The number of nitrogens with zero attached hydrogens (tertiary/aromatic N) is 1. The van der Waals surface area contributed by atoms with E-state index < -0.39 is 11.5 Å². The molecule has 2 rings (SSSR count). The molecule has 0 aliphatic heterocycles. The van der Waals surface area contributed by atoms with Crippen molar-refractivity contribution in [2.45, 2.75) is 39.2 Å². The minimum Gasteiger partial charge on any atom is -0.496 e. The van der Waals surface area contributed by atoms with Gasteiger partial charge in [-0.15, -0.1) is 11.5 Å². The van der Waals surface area contributed by atoms with Crippen LogP contribution in [-0.4, -0.2) is 37.7 Å². The molecule has 0 aromatic heterocycles. The number of methoxy groups -OCH3 is 2. The summed E-state index contributed by atoms with van der Waals surface area (Å²) in [6.07, 6.45) is 3.71. The number of nitrogens with one attached hydrogen (secondary N) is 1. The Bertz CT molecular complexity index is 913. The second kappa shape index (κ2) is 11.1. The monoisotopic (exact) mass is 432 g/mol. The lowest BCUT2D eigenvalue weighted by Crippen LogP contribution is -2.24. The Kier molecular flexibility index (Phi) is 8.79. The van der Waals surface area contributed by atoms with Crippen LogP contribution in [0.3, 0.4) is 0 Å². The zero-order valence-electron chi connectivity index (χ0n) is 18.6. The third kappa shape index (κ3) is 5.15. The molecule has 2 aromatic rings. The Hall–Kier alpha value is -2.68. The van der Waals surface area contributed by atoms with Crippen molar-refractivity contribution in [3.05, 3.63) is 41.3 Å². The first-order valence-electron chi connectivity index (χ1n) is 10.2. The maximum Gasteiger partial charge on any atom is 0.135 e. The van der Waals surface area contributed by atoms with Gasteiger partial charge in [-0.05, 0) is 42.6 Å². The molecule has 0 bridgehead atoms. The highest BCUT2D eigenvalue weighted by molar-refractivity contribution is 6.08. The summed E-state index contributed by atoms with van der Waals surface area (Å²) in [5, 5.41) is 22.6. The van der Waals surface area contributed by atoms with Gasteiger partial charge in [-0.2, -0.15) is 0 Å². The van der Waals surface area contributed by atoms with Crippen molar-refractivity contribution >= 4 is 22.1 Å². The van der Waals surface area contributed by atoms with Crippen molar-refractivity contribution in [2.75, 3.05) is 32.9 Å². The molecule has 0 radical (unpaired) electrons. The minimum absolute atomic E-state index is 0.153. The fraction of sp³-hybridized carbons (Fsp3) is 0.478. The van der Waals surface area contributed by atoms with E-state index in [0.29, 0.717) is 40.1 Å². The van der Waals surface area contributed by atoms with Crippen LogP contribution in [0.2, 0.25) is 0 Å². The third-order valence-electron chi connectivity index (χ3n) is 5.42. The number of hydrogen-bond acceptors (Lipinski definition) is 8. The van der Waals surface area contributed by atoms with Gasteiger partial charge in [-0.25, -0.2) is 0 Å². The first-order chi connectivity index (χ1) is 14.9. The molecule has 3 N–H and O–H groups in total. The Morgan fingerprint density at radius 1 is 1.19 bits per heavy atom. The number of fused-ring (bicyclic) bond motifs is 1. The van der Waals surface area contributed by atoms with Crippen LogP contribution in [0.25, 0.3) is 10.8 Å². The summed E-state index contributed by atoms with van der Waals surface area (Å²) < 4.78 is 17.6. The number of anilines is 1. The first-order valence-corrected chi connectivity index (χ1v) is 10.2. The number of aliphatic hydroxyl groups is 1. The van der Waals surface area contributed by atoms with Gasteiger partial charge in [-0.1, -0.05) is 19.9 Å². The summed E-state index contributed by atoms with van der Waals surface area (Å²) >= 11 is 0. The molecule has 0 heterocycles. The molecule has 0 spiro atoms. The predicted octanol–water partition coefficient (Wildman–Crippen LogP) is 5.49. The molecular weight excluding hydrogens is 400 g/mol. The van der Waals surface area contributed by atoms with Crippen LogP contribution < -0.4 is 15.0 Å². The van der Waals surface area contributed by atoms with Crippen LogP contribution in [-0.2, 0) is 4.74 Å². The summed E-state index contributed by atoms with van der Waals surface area (Å²) in [6.45, 7) is 8.59. The van der Waals surface area contributed by atoms with Crippen LogP contribution in [0.1, 0.15) is 44.8 Å². The molecule has 0 aliphatic carbocycles. The molecule has 170 valence electrons. The molecule has 1 unspecified atom stereocenters. The lowest BCUT2D eigenvalue weighted by atomic mass is 9.81. The summed E-state index contributed by atoms with van der Waals surface area (Å²) in [7, 11) is 3.02. The van der Waals surface area contributed by atoms with Gasteiger partial charge in [0.1, 0.15) is 17.2 Å². The van der Waals surface area contributed by atoms with E-state index in [9.17, 15) is 10.1 Å². The minimum atomic E-state index is -0.482. The Balaban J connectivity index is 2.74. The van der Waals surface area contributed by atoms with Crippen molar-refractivity contribution in [2.24, 2.45) is 10.6 Å². The highest BCUT2D eigenvalue weighted by atomic mass is 16.5. The average Bonchev–Trinajstić information content (AvgIpc) is 2.79. The zero-order valence-corrected chi connectivity index (χ0v) is 18.6. The molecule has 0 saturated heterocycles. The van der Waals surface area contributed by atoms with Gasteiger partial charge in [0.2, 0.25) is 0 Å². The molecule has 1 atom stereocenters. The van der Waals surface area contributed by atoms with Gasteiger partial charge in [0.05, 0.1) is 36.8 Å². The van der Waals surface area contributed by atoms with Crippen LogP contribution in [0.5, 0.6) is 11.5 Å². The van der Waals surface area contributed by atoms with Crippen molar-refractivity contribution in [3.63, 3.8) is 0 Å².